The van der Waals surface area contributed by atoms with Crippen LogP contribution in [0.2, 0.25) is 0 Å². The molecule has 3 N–H and O–H groups in total. The molecule has 3 aliphatic heterocycles. The highest BCUT2D eigenvalue weighted by molar-refractivity contribution is 8.00. The highest BCUT2D eigenvalue weighted by Gasteiger charge is 2.55. The molecule has 0 saturated carbocycles. The zero-order chi connectivity index (χ0) is 34.6. The summed E-state index contributed by atoms with van der Waals surface area (Å²) in [6, 6.07) is 4.60. The smallest absolute Gasteiger partial charge is 0.355 e. The first-order chi connectivity index (χ1) is 22.2. The second kappa shape index (κ2) is 14.2. The fourth-order valence-electron chi connectivity index (χ4n) is 5.14. The minimum absolute atomic E-state index is 0.0246. The summed E-state index contributed by atoms with van der Waals surface area (Å²) in [7, 11) is 0. The fraction of sp³-hybridized carbons (Fsp3) is 0.467. The number of amides is 7. The molecule has 1 aromatic rings. The van der Waals surface area contributed by atoms with Gasteiger partial charge in [0, 0.05) is 37.9 Å². The van der Waals surface area contributed by atoms with Gasteiger partial charge in [-0.1, -0.05) is 30.3 Å². The third-order valence-electron chi connectivity index (χ3n) is 7.31. The van der Waals surface area contributed by atoms with Crippen molar-refractivity contribution in [3.05, 3.63) is 47.2 Å². The monoisotopic (exact) mass is 672 g/mol. The van der Waals surface area contributed by atoms with Crippen molar-refractivity contribution in [1.82, 2.24) is 30.7 Å². The molecule has 0 aliphatic carbocycles. The number of piperazine rings is 1. The highest BCUT2D eigenvalue weighted by Crippen LogP contribution is 2.42. The minimum Gasteiger partial charge on any atom is -0.455 e. The fourth-order valence-corrected chi connectivity index (χ4v) is 6.52. The number of nitrogens with zero attached hydrogens (tertiary/aromatic N) is 3. The van der Waals surface area contributed by atoms with Gasteiger partial charge in [0.15, 0.2) is 0 Å². The molecule has 0 aromatic heterocycles. The van der Waals surface area contributed by atoms with Crippen LogP contribution in [-0.2, 0) is 43.0 Å². The van der Waals surface area contributed by atoms with E-state index in [0.29, 0.717) is 11.3 Å². The number of esters is 2. The molecule has 1 aromatic carbocycles. The van der Waals surface area contributed by atoms with Gasteiger partial charge in [-0.2, -0.15) is 0 Å². The van der Waals surface area contributed by atoms with Crippen molar-refractivity contribution < 1.29 is 47.8 Å². The molecule has 3 heterocycles. The Bertz CT molecular complexity index is 1510. The predicted octanol–water partition coefficient (Wildman–Crippen LogP) is -0.241. The summed E-state index contributed by atoms with van der Waals surface area (Å²) in [6.07, 6.45) is -1.24. The summed E-state index contributed by atoms with van der Waals surface area (Å²) in [4.78, 5) is 105. The molecule has 2 unspecified atom stereocenters. The van der Waals surface area contributed by atoms with Crippen LogP contribution in [0.15, 0.2) is 41.6 Å². The highest BCUT2D eigenvalue weighted by atomic mass is 32.2. The number of urea groups is 1. The summed E-state index contributed by atoms with van der Waals surface area (Å²) >= 11 is 1.16. The number of likely N-dealkylation sites (N-methyl/N-ethyl adjacent to an activating group) is 1. The number of ether oxygens (including phenoxy) is 2. The summed E-state index contributed by atoms with van der Waals surface area (Å²) in [5, 5.41) is 6.80. The third kappa shape index (κ3) is 7.56. The molecular weight excluding hydrogens is 636 g/mol. The van der Waals surface area contributed by atoms with E-state index in [1.807, 2.05) is 0 Å². The van der Waals surface area contributed by atoms with Crippen LogP contribution >= 0.6 is 11.8 Å². The zero-order valence-corrected chi connectivity index (χ0v) is 27.3. The maximum Gasteiger partial charge on any atom is 0.355 e. The Morgan fingerprint density at radius 2 is 1.72 bits per heavy atom. The summed E-state index contributed by atoms with van der Waals surface area (Å²) in [5.41, 5.74) is -0.946. The standard InChI is InChI=1S/C30H36N6O10S/c1-6-34-12-13-35(26(42)25(34)41)29(44)32-19(17-10-8-7-9-11-17)22(39)33-23(45-16(2)38)18-14-47-27-20(31-15-37)24(40)36(27)21(18)28(43)46-30(3,4)5/h7-11,15,19-20,23,27H,6,12-14H2,1-5H3,(H,31,37)(H,32,44)(H,33,39)/t19?,20-,23?,27-/m1/s1. The van der Waals surface area contributed by atoms with E-state index in [1.54, 1.807) is 58.0 Å². The number of benzene rings is 1. The lowest BCUT2D eigenvalue weighted by Crippen LogP contribution is -2.70. The Hall–Kier alpha value is -4.93. The SMILES string of the molecule is CCN1CCN(C(=O)NC(C(=O)NC(OC(C)=O)C2=C(C(=O)OC(C)(C)C)N3C(=O)[C@@H](NC=O)[C@H]3SC2)c2ccccc2)C(=O)C1=O. The molecule has 0 spiro atoms. The van der Waals surface area contributed by atoms with Crippen LogP contribution < -0.4 is 16.0 Å². The average molecular weight is 673 g/mol. The Kier molecular flexibility index (Phi) is 10.6. The van der Waals surface area contributed by atoms with Crippen LogP contribution in [0.5, 0.6) is 0 Å². The van der Waals surface area contributed by atoms with E-state index in [1.165, 1.54) is 4.90 Å². The summed E-state index contributed by atoms with van der Waals surface area (Å²) < 4.78 is 11.0. The summed E-state index contributed by atoms with van der Waals surface area (Å²) in [5.74, 6) is -5.22. The van der Waals surface area contributed by atoms with E-state index < -0.39 is 70.9 Å². The van der Waals surface area contributed by atoms with E-state index in [0.717, 1.165) is 23.6 Å². The number of imide groups is 1. The van der Waals surface area contributed by atoms with Crippen molar-refractivity contribution in [3.8, 4) is 0 Å². The number of rotatable bonds is 10. The molecule has 16 nitrogen and oxygen atoms in total. The maximum absolute atomic E-state index is 13.9. The molecule has 252 valence electrons. The first-order valence-corrected chi connectivity index (χ1v) is 15.8. The van der Waals surface area contributed by atoms with E-state index in [9.17, 15) is 38.4 Å². The van der Waals surface area contributed by atoms with Crippen LogP contribution in [0.4, 0.5) is 4.79 Å². The van der Waals surface area contributed by atoms with Crippen LogP contribution in [0.3, 0.4) is 0 Å². The Morgan fingerprint density at radius 3 is 2.32 bits per heavy atom. The molecule has 3 aliphatic rings. The normalized spacial score (nSPS) is 20.8. The number of nitrogens with one attached hydrogen (secondary N) is 3. The second-order valence-corrected chi connectivity index (χ2v) is 12.8. The van der Waals surface area contributed by atoms with E-state index in [4.69, 9.17) is 9.47 Å². The van der Waals surface area contributed by atoms with Crippen LogP contribution in [0.25, 0.3) is 0 Å². The minimum atomic E-state index is -1.61. The van der Waals surface area contributed by atoms with Gasteiger partial charge in [-0.3, -0.25) is 38.6 Å². The van der Waals surface area contributed by atoms with Crippen LogP contribution in [0.1, 0.15) is 46.2 Å². The Labute approximate surface area is 274 Å². The van der Waals surface area contributed by atoms with Gasteiger partial charge in [0.05, 0.1) is 0 Å². The lowest BCUT2D eigenvalue weighted by Gasteiger charge is -2.50. The Morgan fingerprint density at radius 1 is 1.04 bits per heavy atom. The molecule has 0 radical (unpaired) electrons. The Balaban J connectivity index is 1.69. The van der Waals surface area contributed by atoms with Gasteiger partial charge in [-0.05, 0) is 33.3 Å². The first kappa shape index (κ1) is 34.9. The lowest BCUT2D eigenvalue weighted by molar-refractivity contribution is -0.159. The van der Waals surface area contributed by atoms with Crippen molar-refractivity contribution in [1.29, 1.82) is 0 Å². The van der Waals surface area contributed by atoms with E-state index in [-0.39, 0.29) is 42.2 Å². The number of carbonyl (C=O) groups excluding carboxylic acids is 8. The zero-order valence-electron chi connectivity index (χ0n) is 26.4. The van der Waals surface area contributed by atoms with Crippen LogP contribution in [0, 0.1) is 0 Å². The maximum atomic E-state index is 13.9. The van der Waals surface area contributed by atoms with E-state index in [2.05, 4.69) is 16.0 Å². The molecule has 4 rings (SSSR count). The van der Waals surface area contributed by atoms with Crippen molar-refractivity contribution >= 4 is 59.8 Å². The topological polar surface area (TPSA) is 201 Å². The number of hydrogen-bond donors (Lipinski definition) is 3. The second-order valence-electron chi connectivity index (χ2n) is 11.7. The van der Waals surface area contributed by atoms with Crippen molar-refractivity contribution in [2.45, 2.75) is 63.9 Å². The van der Waals surface area contributed by atoms with Crippen molar-refractivity contribution in [2.24, 2.45) is 0 Å². The predicted molar refractivity (Wildman–Crippen MR) is 164 cm³/mol. The van der Waals surface area contributed by atoms with E-state index >= 15 is 0 Å². The lowest BCUT2D eigenvalue weighted by atomic mass is 10.0. The van der Waals surface area contributed by atoms with Crippen molar-refractivity contribution in [3.63, 3.8) is 0 Å². The summed E-state index contributed by atoms with van der Waals surface area (Å²) in [6.45, 7) is 7.93. The van der Waals surface area contributed by atoms with Gasteiger partial charge in [0.1, 0.15) is 28.8 Å². The van der Waals surface area contributed by atoms with Crippen LogP contribution in [-0.4, -0.2) is 111 Å². The number of thioether (sulfide) groups is 1. The van der Waals surface area contributed by atoms with Gasteiger partial charge in [0.25, 0.3) is 5.91 Å². The number of carbonyl (C=O) groups is 8. The molecular formula is C30H36N6O10S. The third-order valence-corrected chi connectivity index (χ3v) is 8.61. The largest absolute Gasteiger partial charge is 0.455 e. The molecule has 2 saturated heterocycles. The van der Waals surface area contributed by atoms with Gasteiger partial charge >= 0.3 is 29.8 Å². The number of hydrogen-bond acceptors (Lipinski definition) is 11. The average Bonchev–Trinajstić information content (AvgIpc) is 3.01. The molecule has 0 bridgehead atoms. The molecule has 47 heavy (non-hydrogen) atoms. The molecule has 2 fully saturated rings. The number of β-lactam (4-membered cyclic amide) rings is 1. The van der Waals surface area contributed by atoms with Gasteiger partial charge in [-0.25, -0.2) is 9.59 Å². The van der Waals surface area contributed by atoms with Crippen molar-refractivity contribution in [2.75, 3.05) is 25.4 Å². The molecule has 17 heteroatoms. The molecule has 4 atom stereocenters. The first-order valence-electron chi connectivity index (χ1n) is 14.7. The molecule has 7 amide bonds. The number of fused-ring (bicyclic) bond motifs is 1. The quantitative estimate of drug-likeness (QED) is 0.0974. The van der Waals surface area contributed by atoms with Gasteiger partial charge in [0.2, 0.25) is 18.5 Å². The van der Waals surface area contributed by atoms with Gasteiger partial charge in [-0.15, -0.1) is 11.8 Å². The van der Waals surface area contributed by atoms with Gasteiger partial charge < -0.3 is 30.3 Å².